The van der Waals surface area contributed by atoms with Gasteiger partial charge < -0.3 is 14.5 Å². The summed E-state index contributed by atoms with van der Waals surface area (Å²) in [6, 6.07) is 9.55. The third kappa shape index (κ3) is 4.77. The van der Waals surface area contributed by atoms with Crippen LogP contribution in [0.3, 0.4) is 0 Å². The molecule has 2 rings (SSSR count). The van der Waals surface area contributed by atoms with Crippen molar-refractivity contribution in [1.82, 2.24) is 10.3 Å². The van der Waals surface area contributed by atoms with Crippen LogP contribution in [0.2, 0.25) is 0 Å². The molecule has 0 aliphatic rings. The Bertz CT molecular complexity index is 445. The molecule has 5 heteroatoms. The first-order valence-electron chi connectivity index (χ1n) is 5.64. The van der Waals surface area contributed by atoms with Crippen LogP contribution in [-0.2, 0) is 6.54 Å². The number of ether oxygens (including phenoxy) is 1. The summed E-state index contributed by atoms with van der Waals surface area (Å²) < 4.78 is 10.9. The molecule has 2 aromatic heterocycles. The topological polar surface area (TPSA) is 47.3 Å². The van der Waals surface area contributed by atoms with Crippen LogP contribution < -0.4 is 10.1 Å². The van der Waals surface area contributed by atoms with Gasteiger partial charge in [-0.3, -0.25) is 0 Å². The fraction of sp³-hybridized carbons (Fsp3) is 0.308. The Labute approximate surface area is 113 Å². The molecular weight excluding hydrogens is 252 g/mol. The second-order valence-corrected chi connectivity index (χ2v) is 3.71. The second kappa shape index (κ2) is 7.74. The van der Waals surface area contributed by atoms with Crippen LogP contribution in [0.25, 0.3) is 0 Å². The van der Waals surface area contributed by atoms with E-state index < -0.39 is 0 Å². The largest absolute Gasteiger partial charge is 0.476 e. The summed E-state index contributed by atoms with van der Waals surface area (Å²) in [6.45, 7) is 4.01. The molecule has 0 saturated carbocycles. The summed E-state index contributed by atoms with van der Waals surface area (Å²) in [7, 11) is 0. The third-order valence-electron chi connectivity index (χ3n) is 2.26. The highest BCUT2D eigenvalue weighted by Gasteiger charge is 1.97. The predicted octanol–water partition coefficient (Wildman–Crippen LogP) is 2.57. The minimum absolute atomic E-state index is 0. The minimum atomic E-state index is 0. The Morgan fingerprint density at radius 1 is 1.28 bits per heavy atom. The first-order valence-corrected chi connectivity index (χ1v) is 5.64. The van der Waals surface area contributed by atoms with Gasteiger partial charge in [0.2, 0.25) is 5.88 Å². The zero-order chi connectivity index (χ0) is 11.9. The number of nitrogens with one attached hydrogen (secondary N) is 1. The minimum Gasteiger partial charge on any atom is -0.476 e. The highest BCUT2D eigenvalue weighted by Crippen LogP contribution is 2.05. The number of rotatable bonds is 6. The van der Waals surface area contributed by atoms with Gasteiger partial charge in [-0.15, -0.1) is 12.4 Å². The molecule has 0 bridgehead atoms. The van der Waals surface area contributed by atoms with Crippen molar-refractivity contribution in [1.29, 1.82) is 0 Å². The molecule has 98 valence electrons. The van der Waals surface area contributed by atoms with Gasteiger partial charge in [-0.05, 0) is 25.1 Å². The maximum atomic E-state index is 5.44. The van der Waals surface area contributed by atoms with E-state index in [0.29, 0.717) is 12.5 Å². The molecular formula is C13H17ClN2O2. The van der Waals surface area contributed by atoms with Crippen molar-refractivity contribution in [3.8, 4) is 5.88 Å². The molecule has 2 heterocycles. The number of halogens is 1. The second-order valence-electron chi connectivity index (χ2n) is 3.71. The lowest BCUT2D eigenvalue weighted by Gasteiger charge is -2.05. The number of pyridine rings is 1. The normalized spacial score (nSPS) is 9.83. The van der Waals surface area contributed by atoms with E-state index >= 15 is 0 Å². The van der Waals surface area contributed by atoms with Gasteiger partial charge in [-0.1, -0.05) is 6.07 Å². The number of nitrogens with zero attached hydrogens (tertiary/aromatic N) is 1. The van der Waals surface area contributed by atoms with Crippen LogP contribution in [0.4, 0.5) is 0 Å². The molecule has 0 aromatic carbocycles. The average molecular weight is 269 g/mol. The van der Waals surface area contributed by atoms with Crippen molar-refractivity contribution in [2.75, 3.05) is 13.2 Å². The smallest absolute Gasteiger partial charge is 0.213 e. The van der Waals surface area contributed by atoms with Gasteiger partial charge in [0.25, 0.3) is 0 Å². The van der Waals surface area contributed by atoms with Crippen LogP contribution in [0, 0.1) is 6.92 Å². The Kier molecular flexibility index (Phi) is 6.25. The molecule has 2 aromatic rings. The molecule has 0 spiro atoms. The Morgan fingerprint density at radius 2 is 2.17 bits per heavy atom. The van der Waals surface area contributed by atoms with E-state index in [4.69, 9.17) is 9.15 Å². The third-order valence-corrected chi connectivity index (χ3v) is 2.26. The lowest BCUT2D eigenvalue weighted by Crippen LogP contribution is -2.20. The highest BCUT2D eigenvalue weighted by atomic mass is 35.5. The molecule has 18 heavy (non-hydrogen) atoms. The van der Waals surface area contributed by atoms with Gasteiger partial charge in [0.15, 0.2) is 0 Å². The lowest BCUT2D eigenvalue weighted by atomic mass is 10.4. The quantitative estimate of drug-likeness (QED) is 0.818. The molecule has 0 amide bonds. The van der Waals surface area contributed by atoms with Gasteiger partial charge in [0.05, 0.1) is 6.54 Å². The molecule has 0 unspecified atom stereocenters. The Hall–Kier alpha value is -1.52. The standard InChI is InChI=1S/C13H16N2O2.ClH/c1-11-5-6-12(17-11)10-14-8-9-16-13-4-2-3-7-15-13;/h2-7,14H,8-10H2,1H3;1H. The fourth-order valence-electron chi connectivity index (χ4n) is 1.45. The molecule has 1 N–H and O–H groups in total. The van der Waals surface area contributed by atoms with Crippen molar-refractivity contribution in [3.05, 3.63) is 48.0 Å². The molecule has 0 fully saturated rings. The van der Waals surface area contributed by atoms with E-state index in [1.165, 1.54) is 0 Å². The van der Waals surface area contributed by atoms with Crippen molar-refractivity contribution >= 4 is 12.4 Å². The number of hydrogen-bond acceptors (Lipinski definition) is 4. The van der Waals surface area contributed by atoms with Crippen LogP contribution in [0.1, 0.15) is 11.5 Å². The van der Waals surface area contributed by atoms with Crippen molar-refractivity contribution in [2.45, 2.75) is 13.5 Å². The zero-order valence-electron chi connectivity index (χ0n) is 10.3. The first-order chi connectivity index (χ1) is 8.34. The fourth-order valence-corrected chi connectivity index (χ4v) is 1.45. The zero-order valence-corrected chi connectivity index (χ0v) is 11.1. The van der Waals surface area contributed by atoms with Gasteiger partial charge >= 0.3 is 0 Å². The van der Waals surface area contributed by atoms with Crippen LogP contribution in [0.5, 0.6) is 5.88 Å². The Balaban J connectivity index is 0.00000162. The summed E-state index contributed by atoms with van der Waals surface area (Å²) in [5.74, 6) is 2.54. The molecule has 0 saturated heterocycles. The average Bonchev–Trinajstić information content (AvgIpc) is 2.76. The van der Waals surface area contributed by atoms with Gasteiger partial charge in [0.1, 0.15) is 18.1 Å². The summed E-state index contributed by atoms with van der Waals surface area (Å²) >= 11 is 0. The van der Waals surface area contributed by atoms with Gasteiger partial charge in [-0.2, -0.15) is 0 Å². The number of furan rings is 1. The van der Waals surface area contributed by atoms with E-state index in [1.807, 2.05) is 37.3 Å². The Morgan fingerprint density at radius 3 is 2.83 bits per heavy atom. The summed E-state index contributed by atoms with van der Waals surface area (Å²) in [5, 5.41) is 3.24. The SMILES string of the molecule is Cc1ccc(CNCCOc2ccccn2)o1.Cl. The van der Waals surface area contributed by atoms with E-state index in [2.05, 4.69) is 10.3 Å². The molecule has 0 aliphatic heterocycles. The summed E-state index contributed by atoms with van der Waals surface area (Å²) in [4.78, 5) is 4.07. The maximum absolute atomic E-state index is 5.44. The molecule has 0 radical (unpaired) electrons. The first kappa shape index (κ1) is 14.5. The van der Waals surface area contributed by atoms with Crippen LogP contribution >= 0.6 is 12.4 Å². The number of aryl methyl sites for hydroxylation is 1. The monoisotopic (exact) mass is 268 g/mol. The van der Waals surface area contributed by atoms with E-state index in [9.17, 15) is 0 Å². The van der Waals surface area contributed by atoms with Gasteiger partial charge in [-0.25, -0.2) is 4.98 Å². The van der Waals surface area contributed by atoms with E-state index in [-0.39, 0.29) is 12.4 Å². The van der Waals surface area contributed by atoms with Crippen LogP contribution in [0.15, 0.2) is 40.9 Å². The predicted molar refractivity (Wildman–Crippen MR) is 72.1 cm³/mol. The van der Waals surface area contributed by atoms with Crippen molar-refractivity contribution in [2.24, 2.45) is 0 Å². The lowest BCUT2D eigenvalue weighted by molar-refractivity contribution is 0.299. The molecule has 4 nitrogen and oxygen atoms in total. The highest BCUT2D eigenvalue weighted by molar-refractivity contribution is 5.85. The number of aromatic nitrogens is 1. The van der Waals surface area contributed by atoms with E-state index in [0.717, 1.165) is 24.6 Å². The van der Waals surface area contributed by atoms with Crippen molar-refractivity contribution in [3.63, 3.8) is 0 Å². The van der Waals surface area contributed by atoms with Crippen LogP contribution in [-0.4, -0.2) is 18.1 Å². The summed E-state index contributed by atoms with van der Waals surface area (Å²) in [6.07, 6.45) is 1.72. The van der Waals surface area contributed by atoms with E-state index in [1.54, 1.807) is 6.20 Å². The summed E-state index contributed by atoms with van der Waals surface area (Å²) in [5.41, 5.74) is 0. The van der Waals surface area contributed by atoms with Crippen molar-refractivity contribution < 1.29 is 9.15 Å². The molecule has 0 atom stereocenters. The molecule has 0 aliphatic carbocycles. The van der Waals surface area contributed by atoms with Gasteiger partial charge in [0, 0.05) is 18.8 Å². The number of hydrogen-bond donors (Lipinski definition) is 1. The maximum Gasteiger partial charge on any atom is 0.213 e.